The minimum atomic E-state index is -1.75. The minimum Gasteiger partial charge on any atom is -0.356 e. The molecule has 2 N–H and O–H groups in total. The normalized spacial score (nSPS) is 13.0. The van der Waals surface area contributed by atoms with Crippen LogP contribution in [0.5, 0.6) is 0 Å². The summed E-state index contributed by atoms with van der Waals surface area (Å²) in [7, 11) is 3.52. The molecule has 0 aromatic rings. The number of likely N-dealkylation sites (N-methyl/N-ethyl adjacent to an activating group) is 1. The number of unbranched alkanes of at least 4 members (excludes halogenated alkanes) is 14. The molecule has 0 spiro atoms. The van der Waals surface area contributed by atoms with Crippen LogP contribution in [0.2, 0.25) is 0 Å². The van der Waals surface area contributed by atoms with Crippen molar-refractivity contribution in [1.29, 1.82) is 0 Å². The predicted molar refractivity (Wildman–Crippen MR) is 135 cm³/mol. The largest absolute Gasteiger partial charge is 0.356 e. The van der Waals surface area contributed by atoms with Gasteiger partial charge in [-0.2, -0.15) is 4.65 Å². The Bertz CT molecular complexity index is 465. The van der Waals surface area contributed by atoms with Gasteiger partial charge in [0.1, 0.15) is 6.04 Å². The maximum Gasteiger partial charge on any atom is 0.220 e. The fourth-order valence-corrected chi connectivity index (χ4v) is 3.94. The summed E-state index contributed by atoms with van der Waals surface area (Å²) in [5.41, 5.74) is 0. The molecule has 0 bridgehead atoms. The highest BCUT2D eigenvalue weighted by molar-refractivity contribution is 5.76. The molecule has 0 aromatic carbocycles. The molecule has 0 aliphatic heterocycles. The van der Waals surface area contributed by atoms with Crippen LogP contribution in [0.1, 0.15) is 130 Å². The van der Waals surface area contributed by atoms with E-state index in [4.69, 9.17) is 15.3 Å². The van der Waals surface area contributed by atoms with Crippen molar-refractivity contribution in [3.8, 4) is 0 Å². The molecule has 33 heavy (non-hydrogen) atoms. The molecule has 198 valence electrons. The minimum absolute atomic E-state index is 0.00925. The maximum absolute atomic E-state index is 12.2. The summed E-state index contributed by atoms with van der Waals surface area (Å²) in [6.07, 6.45) is 21.6. The van der Waals surface area contributed by atoms with Gasteiger partial charge in [0.25, 0.3) is 0 Å². The summed E-state index contributed by atoms with van der Waals surface area (Å²) < 4.78 is -0.113. The van der Waals surface area contributed by atoms with Crippen molar-refractivity contribution in [3.63, 3.8) is 0 Å². The van der Waals surface area contributed by atoms with E-state index in [-0.39, 0.29) is 22.6 Å². The molecule has 0 aliphatic rings. The first-order valence-electron chi connectivity index (χ1n) is 13.2. The fraction of sp³-hybridized carbons (Fsp3) is 0.960. The van der Waals surface area contributed by atoms with Crippen molar-refractivity contribution >= 4 is 5.91 Å². The van der Waals surface area contributed by atoms with Crippen molar-refractivity contribution in [2.24, 2.45) is 0 Å². The van der Waals surface area contributed by atoms with Crippen LogP contribution < -0.4 is 5.32 Å². The third kappa shape index (κ3) is 25.1. The average Bonchev–Trinajstić information content (AvgIpc) is 2.73. The van der Waals surface area contributed by atoms with Crippen LogP contribution in [0.25, 0.3) is 0 Å². The number of nitrogens with zero attached hydrogens (tertiary/aromatic N) is 2. The predicted octanol–water partition coefficient (Wildman–Crippen LogP) is 6.76. The Balaban J connectivity index is 0. The Kier molecular flexibility index (Phi) is 22.9. The second-order valence-electron chi connectivity index (χ2n) is 9.73. The standard InChI is InChI=1S/C25H52N2O2.NO3/c1-6-8-9-10-11-12-13-14-15-16-17-18-19-20-21-22-25(28)26-24(7-2)23(3)27(4,5)29;2-1(3)4/h23-24,29H,6-22H2,1-5H3;/q;-1/p+1/t23-,24?;/m0./s1. The first kappa shape index (κ1) is 33.8. The van der Waals surface area contributed by atoms with Crippen LogP contribution in [0, 0.1) is 15.3 Å². The number of hydrogen-bond acceptors (Lipinski definition) is 5. The van der Waals surface area contributed by atoms with E-state index in [0.717, 1.165) is 19.3 Å². The molecular weight excluding hydrogens is 422 g/mol. The van der Waals surface area contributed by atoms with Gasteiger partial charge in [-0.05, 0) is 19.8 Å². The highest BCUT2D eigenvalue weighted by Crippen LogP contribution is 2.14. The summed E-state index contributed by atoms with van der Waals surface area (Å²) in [4.78, 5) is 20.4. The van der Waals surface area contributed by atoms with Gasteiger partial charge in [0, 0.05) is 6.42 Å². The monoisotopic (exact) mass is 475 g/mol. The number of rotatable bonds is 20. The fourth-order valence-electron chi connectivity index (χ4n) is 3.94. The molecule has 0 radical (unpaired) electrons. The first-order chi connectivity index (χ1) is 15.6. The number of amides is 1. The molecule has 0 saturated carbocycles. The number of carbonyl (C=O) groups excluding carboxylic acids is 1. The smallest absolute Gasteiger partial charge is 0.220 e. The van der Waals surface area contributed by atoms with Gasteiger partial charge in [-0.25, -0.2) is 5.21 Å². The lowest BCUT2D eigenvalue weighted by Gasteiger charge is -2.33. The Morgan fingerprint density at radius 2 is 1.15 bits per heavy atom. The van der Waals surface area contributed by atoms with Gasteiger partial charge in [-0.15, -0.1) is 0 Å². The molecule has 0 saturated heterocycles. The van der Waals surface area contributed by atoms with Gasteiger partial charge in [-0.3, -0.25) is 4.79 Å². The third-order valence-corrected chi connectivity index (χ3v) is 6.37. The van der Waals surface area contributed by atoms with Gasteiger partial charge in [0.15, 0.2) is 0 Å². The highest BCUT2D eigenvalue weighted by Gasteiger charge is 2.30. The molecule has 2 atom stereocenters. The number of quaternary nitrogens is 1. The summed E-state index contributed by atoms with van der Waals surface area (Å²) >= 11 is 0. The van der Waals surface area contributed by atoms with Gasteiger partial charge in [0.2, 0.25) is 5.91 Å². The third-order valence-electron chi connectivity index (χ3n) is 6.37. The zero-order valence-electron chi connectivity index (χ0n) is 22.2. The van der Waals surface area contributed by atoms with Crippen molar-refractivity contribution in [1.82, 2.24) is 5.32 Å². The van der Waals surface area contributed by atoms with E-state index < -0.39 is 5.09 Å². The summed E-state index contributed by atoms with van der Waals surface area (Å²) in [6, 6.07) is 0.0175. The van der Waals surface area contributed by atoms with Crippen molar-refractivity contribution in [2.75, 3.05) is 14.1 Å². The summed E-state index contributed by atoms with van der Waals surface area (Å²) in [5, 5.41) is 28.0. The highest BCUT2D eigenvalue weighted by atomic mass is 16.9. The summed E-state index contributed by atoms with van der Waals surface area (Å²) in [5.74, 6) is 0.131. The summed E-state index contributed by atoms with van der Waals surface area (Å²) in [6.45, 7) is 6.33. The quantitative estimate of drug-likeness (QED) is 0.0873. The van der Waals surface area contributed by atoms with Crippen molar-refractivity contribution in [3.05, 3.63) is 15.3 Å². The SMILES string of the molecule is CCCCCCCCCCCCCCCCCC(=O)NC(CC)[C@H](C)[N+](C)(C)O.O=[N+]([O-])[O-]. The second kappa shape index (κ2) is 22.4. The average molecular weight is 476 g/mol. The molecule has 1 unspecified atom stereocenters. The molecule has 0 heterocycles. The van der Waals surface area contributed by atoms with Crippen LogP contribution in [0.4, 0.5) is 0 Å². The molecule has 0 fully saturated rings. The molecule has 8 heteroatoms. The first-order valence-corrected chi connectivity index (χ1v) is 13.2. The molecule has 0 aromatic heterocycles. The van der Waals surface area contributed by atoms with Gasteiger partial charge < -0.3 is 20.6 Å². The topological polar surface area (TPSA) is 116 Å². The molecular formula is C25H53N3O5. The zero-order valence-corrected chi connectivity index (χ0v) is 22.2. The zero-order chi connectivity index (χ0) is 25.5. The van der Waals surface area contributed by atoms with E-state index in [9.17, 15) is 10.0 Å². The number of carbonyl (C=O) groups is 1. The van der Waals surface area contributed by atoms with E-state index in [1.165, 1.54) is 83.5 Å². The van der Waals surface area contributed by atoms with Gasteiger partial charge >= 0.3 is 0 Å². The molecule has 0 rings (SSSR count). The van der Waals surface area contributed by atoms with Crippen molar-refractivity contribution in [2.45, 2.75) is 142 Å². The molecule has 1 amide bonds. The second-order valence-corrected chi connectivity index (χ2v) is 9.73. The van der Waals surface area contributed by atoms with E-state index in [1.54, 1.807) is 14.1 Å². The number of hydrogen-bond donors (Lipinski definition) is 2. The van der Waals surface area contributed by atoms with Crippen molar-refractivity contribution < 1.29 is 19.7 Å². The van der Waals surface area contributed by atoms with Crippen LogP contribution >= 0.6 is 0 Å². The Labute approximate surface area is 202 Å². The Morgan fingerprint density at radius 3 is 1.45 bits per heavy atom. The molecule has 0 aliphatic carbocycles. The van der Waals surface area contributed by atoms with Crippen LogP contribution in [-0.2, 0) is 4.79 Å². The Morgan fingerprint density at radius 1 is 0.818 bits per heavy atom. The van der Waals surface area contributed by atoms with E-state index in [1.807, 2.05) is 6.92 Å². The lowest BCUT2D eigenvalue weighted by molar-refractivity contribution is -1.09. The lowest BCUT2D eigenvalue weighted by atomic mass is 10.0. The molecule has 8 nitrogen and oxygen atoms in total. The van der Waals surface area contributed by atoms with Crippen LogP contribution in [-0.4, -0.2) is 47.0 Å². The van der Waals surface area contributed by atoms with Crippen LogP contribution in [0.3, 0.4) is 0 Å². The van der Waals surface area contributed by atoms with Crippen LogP contribution in [0.15, 0.2) is 0 Å². The van der Waals surface area contributed by atoms with E-state index in [0.29, 0.717) is 6.42 Å². The van der Waals surface area contributed by atoms with Gasteiger partial charge in [0.05, 0.1) is 25.2 Å². The van der Waals surface area contributed by atoms with E-state index >= 15 is 0 Å². The van der Waals surface area contributed by atoms with E-state index in [2.05, 4.69) is 19.2 Å². The number of hydroxylamine groups is 3. The van der Waals surface area contributed by atoms with Gasteiger partial charge in [-0.1, -0.05) is 104 Å². The number of nitrogens with one attached hydrogen (secondary N) is 1. The Hall–Kier alpha value is -1.41. The maximum atomic E-state index is 12.2. The lowest BCUT2D eigenvalue weighted by Crippen LogP contribution is -2.55.